The first-order chi connectivity index (χ1) is 14.8. The largest absolute Gasteiger partial charge is 0.494 e. The summed E-state index contributed by atoms with van der Waals surface area (Å²) in [5.74, 6) is -0.375. The molecule has 2 aromatic carbocycles. The first kappa shape index (κ1) is 22.8. The van der Waals surface area contributed by atoms with Crippen molar-refractivity contribution in [2.45, 2.75) is 37.7 Å². The molecule has 3 rings (SSSR count). The van der Waals surface area contributed by atoms with Gasteiger partial charge in [-0.2, -0.15) is 0 Å². The Morgan fingerprint density at radius 3 is 2.55 bits per heavy atom. The third-order valence-electron chi connectivity index (χ3n) is 4.88. The number of carbonyl (C=O) groups is 2. The third-order valence-corrected chi connectivity index (χ3v) is 6.35. The van der Waals surface area contributed by atoms with Crippen molar-refractivity contribution in [3.63, 3.8) is 0 Å². The lowest BCUT2D eigenvalue weighted by atomic mass is 10.2. The predicted octanol–water partition coefficient (Wildman–Crippen LogP) is 2.27. The second kappa shape index (κ2) is 9.93. The average molecular weight is 447 g/mol. The summed E-state index contributed by atoms with van der Waals surface area (Å²) in [6.45, 7) is 4.25. The van der Waals surface area contributed by atoms with Crippen LogP contribution in [0, 0.1) is 0 Å². The van der Waals surface area contributed by atoms with Gasteiger partial charge in [-0.25, -0.2) is 13.1 Å². The zero-order chi connectivity index (χ0) is 22.4. The quantitative estimate of drug-likeness (QED) is 0.593. The second-order valence-corrected chi connectivity index (χ2v) is 8.82. The molecule has 0 aromatic heterocycles. The fourth-order valence-corrected chi connectivity index (χ4v) is 4.38. The van der Waals surface area contributed by atoms with Gasteiger partial charge in [-0.3, -0.25) is 9.59 Å². The molecule has 1 aliphatic heterocycles. The number of rotatable bonds is 9. The van der Waals surface area contributed by atoms with Gasteiger partial charge in [0, 0.05) is 18.8 Å². The highest BCUT2D eigenvalue weighted by atomic mass is 32.2. The minimum absolute atomic E-state index is 0.0700. The van der Waals surface area contributed by atoms with E-state index in [0.717, 1.165) is 17.7 Å². The van der Waals surface area contributed by atoms with E-state index in [-0.39, 0.29) is 23.8 Å². The van der Waals surface area contributed by atoms with Gasteiger partial charge in [0.05, 0.1) is 17.9 Å². The van der Waals surface area contributed by atoms with E-state index in [1.54, 1.807) is 17.0 Å². The topological polar surface area (TPSA) is 102 Å². The Balaban J connectivity index is 1.48. The van der Waals surface area contributed by atoms with Crippen LogP contribution < -0.4 is 14.4 Å². The van der Waals surface area contributed by atoms with Gasteiger partial charge in [-0.15, -0.1) is 0 Å². The minimum Gasteiger partial charge on any atom is -0.494 e. The van der Waals surface area contributed by atoms with Crippen molar-refractivity contribution in [1.29, 1.82) is 0 Å². The molecule has 0 saturated carbocycles. The molecule has 0 aliphatic carbocycles. The summed E-state index contributed by atoms with van der Waals surface area (Å²) in [7, 11) is -3.77. The molecule has 0 unspecified atom stereocenters. The van der Waals surface area contributed by atoms with E-state index in [1.807, 2.05) is 31.2 Å². The Bertz CT molecular complexity index is 1040. The molecule has 31 heavy (non-hydrogen) atoms. The Kier molecular flexibility index (Phi) is 7.29. The summed E-state index contributed by atoms with van der Waals surface area (Å²) in [6, 6.07) is 13.6. The number of nitrogens with one attached hydrogen (secondary N) is 1. The molecular weight excluding hydrogens is 420 g/mol. The number of carbonyl (C=O) groups excluding carboxylic acids is 2. The molecule has 1 heterocycles. The van der Waals surface area contributed by atoms with Crippen LogP contribution in [0.25, 0.3) is 0 Å². The maximum Gasteiger partial charge on any atom is 0.307 e. The predicted molar refractivity (Wildman–Crippen MR) is 115 cm³/mol. The molecule has 0 spiro atoms. The molecule has 166 valence electrons. The smallest absolute Gasteiger partial charge is 0.307 e. The van der Waals surface area contributed by atoms with Crippen molar-refractivity contribution in [3.8, 4) is 5.75 Å². The Hall–Kier alpha value is -2.91. The standard InChI is InChI=1S/C22H26N2O6S/c1-3-29-18-8-10-19(11-9-18)31(27,28)23-14-12-21(25)30-16(2)22(26)24-15-13-17-6-4-5-7-20(17)24/h4-11,16,23H,3,12-15H2,1-2H3/t16-/m1/s1. The Morgan fingerprint density at radius 1 is 1.13 bits per heavy atom. The van der Waals surface area contributed by atoms with E-state index in [2.05, 4.69) is 4.72 Å². The molecule has 9 heteroatoms. The van der Waals surface area contributed by atoms with Gasteiger partial charge < -0.3 is 14.4 Å². The third kappa shape index (κ3) is 5.62. The van der Waals surface area contributed by atoms with E-state index in [9.17, 15) is 18.0 Å². The lowest BCUT2D eigenvalue weighted by Crippen LogP contribution is -2.39. The molecule has 2 aromatic rings. The van der Waals surface area contributed by atoms with Crippen LogP contribution in [0.15, 0.2) is 53.4 Å². The fourth-order valence-electron chi connectivity index (χ4n) is 3.35. The second-order valence-electron chi connectivity index (χ2n) is 7.05. The zero-order valence-electron chi connectivity index (χ0n) is 17.5. The van der Waals surface area contributed by atoms with Crippen LogP contribution in [0.2, 0.25) is 0 Å². The summed E-state index contributed by atoms with van der Waals surface area (Å²) in [6.07, 6.45) is -0.387. The number of fused-ring (bicyclic) bond motifs is 1. The van der Waals surface area contributed by atoms with Crippen LogP contribution in [0.1, 0.15) is 25.8 Å². The van der Waals surface area contributed by atoms with E-state index in [1.165, 1.54) is 19.1 Å². The highest BCUT2D eigenvalue weighted by Gasteiger charge is 2.29. The van der Waals surface area contributed by atoms with Crippen LogP contribution in [0.4, 0.5) is 5.69 Å². The lowest BCUT2D eigenvalue weighted by Gasteiger charge is -2.21. The summed E-state index contributed by atoms with van der Waals surface area (Å²) in [4.78, 5) is 26.5. The average Bonchev–Trinajstić information content (AvgIpc) is 3.18. The Labute approximate surface area is 182 Å². The van der Waals surface area contributed by atoms with Gasteiger partial charge in [-0.1, -0.05) is 18.2 Å². The number of nitrogens with zero attached hydrogens (tertiary/aromatic N) is 1. The van der Waals surface area contributed by atoms with Crippen molar-refractivity contribution >= 4 is 27.6 Å². The maximum absolute atomic E-state index is 12.7. The molecule has 1 aliphatic rings. The number of ether oxygens (including phenoxy) is 2. The summed E-state index contributed by atoms with van der Waals surface area (Å²) >= 11 is 0. The first-order valence-electron chi connectivity index (χ1n) is 10.1. The summed E-state index contributed by atoms with van der Waals surface area (Å²) < 4.78 is 37.6. The highest BCUT2D eigenvalue weighted by Crippen LogP contribution is 2.28. The molecule has 0 saturated heterocycles. The van der Waals surface area contributed by atoms with Crippen molar-refractivity contribution < 1.29 is 27.5 Å². The number of hydrogen-bond acceptors (Lipinski definition) is 6. The Morgan fingerprint density at radius 2 is 1.84 bits per heavy atom. The number of sulfonamides is 1. The van der Waals surface area contributed by atoms with Crippen LogP contribution in [-0.4, -0.2) is 46.1 Å². The molecule has 0 fully saturated rings. The molecule has 1 amide bonds. The van der Waals surface area contributed by atoms with E-state index in [0.29, 0.717) is 18.9 Å². The van der Waals surface area contributed by atoms with Gasteiger partial charge in [0.15, 0.2) is 6.10 Å². The van der Waals surface area contributed by atoms with Crippen molar-refractivity contribution in [2.75, 3.05) is 24.6 Å². The number of para-hydroxylation sites is 1. The zero-order valence-corrected chi connectivity index (χ0v) is 18.4. The summed E-state index contributed by atoms with van der Waals surface area (Å²) in [5.41, 5.74) is 1.91. The SMILES string of the molecule is CCOc1ccc(S(=O)(=O)NCCC(=O)O[C@H](C)C(=O)N2CCc3ccccc32)cc1. The maximum atomic E-state index is 12.7. The molecule has 8 nitrogen and oxygen atoms in total. The van der Waals surface area contributed by atoms with Gasteiger partial charge in [-0.05, 0) is 56.2 Å². The van der Waals surface area contributed by atoms with Crippen LogP contribution in [0.3, 0.4) is 0 Å². The van der Waals surface area contributed by atoms with Gasteiger partial charge in [0.1, 0.15) is 5.75 Å². The number of benzene rings is 2. The van der Waals surface area contributed by atoms with E-state index < -0.39 is 22.1 Å². The lowest BCUT2D eigenvalue weighted by molar-refractivity contribution is -0.153. The van der Waals surface area contributed by atoms with Crippen LogP contribution >= 0.6 is 0 Å². The minimum atomic E-state index is -3.77. The van der Waals surface area contributed by atoms with Gasteiger partial charge >= 0.3 is 5.97 Å². The number of hydrogen-bond donors (Lipinski definition) is 1. The van der Waals surface area contributed by atoms with Crippen LogP contribution in [-0.2, 0) is 30.8 Å². The molecule has 0 radical (unpaired) electrons. The number of amides is 1. The normalized spacial score (nSPS) is 14.1. The van der Waals surface area contributed by atoms with Gasteiger partial charge in [0.25, 0.3) is 5.91 Å². The van der Waals surface area contributed by atoms with Crippen molar-refractivity contribution in [2.24, 2.45) is 0 Å². The molecule has 1 atom stereocenters. The molecule has 0 bridgehead atoms. The van der Waals surface area contributed by atoms with E-state index >= 15 is 0 Å². The highest BCUT2D eigenvalue weighted by molar-refractivity contribution is 7.89. The molecular formula is C22H26N2O6S. The van der Waals surface area contributed by atoms with Crippen LogP contribution in [0.5, 0.6) is 5.75 Å². The van der Waals surface area contributed by atoms with Gasteiger partial charge in [0.2, 0.25) is 10.0 Å². The summed E-state index contributed by atoms with van der Waals surface area (Å²) in [5, 5.41) is 0. The fraction of sp³-hybridized carbons (Fsp3) is 0.364. The van der Waals surface area contributed by atoms with Crippen molar-refractivity contribution in [3.05, 3.63) is 54.1 Å². The molecule has 1 N–H and O–H groups in total. The monoisotopic (exact) mass is 446 g/mol. The number of esters is 1. The first-order valence-corrected chi connectivity index (χ1v) is 11.6. The van der Waals surface area contributed by atoms with E-state index in [4.69, 9.17) is 9.47 Å². The number of anilines is 1. The van der Waals surface area contributed by atoms with Crippen molar-refractivity contribution in [1.82, 2.24) is 4.72 Å².